The van der Waals surface area contributed by atoms with Gasteiger partial charge in [0.15, 0.2) is 5.65 Å². The molecule has 0 radical (unpaired) electrons. The summed E-state index contributed by atoms with van der Waals surface area (Å²) in [6.07, 6.45) is 0. The van der Waals surface area contributed by atoms with Crippen molar-refractivity contribution in [3.8, 4) is 11.1 Å². The predicted octanol–water partition coefficient (Wildman–Crippen LogP) is 4.79. The van der Waals surface area contributed by atoms with E-state index in [1.54, 1.807) is 24.3 Å². The molecular formula is C17H10ClF2N3. The molecule has 0 fully saturated rings. The topological polar surface area (TPSA) is 30.2 Å². The summed E-state index contributed by atoms with van der Waals surface area (Å²) in [6, 6.07) is 10.6. The van der Waals surface area contributed by atoms with E-state index in [0.29, 0.717) is 27.4 Å². The van der Waals surface area contributed by atoms with E-state index in [2.05, 4.69) is 10.2 Å². The van der Waals surface area contributed by atoms with Crippen molar-refractivity contribution in [1.29, 1.82) is 0 Å². The van der Waals surface area contributed by atoms with Gasteiger partial charge in [0, 0.05) is 16.0 Å². The van der Waals surface area contributed by atoms with E-state index in [1.165, 1.54) is 18.2 Å². The van der Waals surface area contributed by atoms with Gasteiger partial charge in [-0.25, -0.2) is 8.78 Å². The first-order valence-corrected chi connectivity index (χ1v) is 7.32. The van der Waals surface area contributed by atoms with E-state index in [0.717, 1.165) is 5.52 Å². The minimum atomic E-state index is -0.633. The van der Waals surface area contributed by atoms with Crippen molar-refractivity contribution in [3.63, 3.8) is 0 Å². The molecule has 0 aliphatic rings. The average molecular weight is 330 g/mol. The molecule has 0 bridgehead atoms. The molecule has 6 heteroatoms. The zero-order valence-electron chi connectivity index (χ0n) is 12.0. The van der Waals surface area contributed by atoms with E-state index in [4.69, 9.17) is 11.6 Å². The molecule has 114 valence electrons. The van der Waals surface area contributed by atoms with Crippen molar-refractivity contribution in [1.82, 2.24) is 14.6 Å². The predicted molar refractivity (Wildman–Crippen MR) is 85.6 cm³/mol. The molecule has 2 heterocycles. The smallest absolute Gasteiger partial charge is 0.161 e. The van der Waals surface area contributed by atoms with Gasteiger partial charge in [0.25, 0.3) is 0 Å². The molecule has 0 saturated heterocycles. The van der Waals surface area contributed by atoms with Crippen LogP contribution in [0.3, 0.4) is 0 Å². The van der Waals surface area contributed by atoms with Crippen LogP contribution in [0.1, 0.15) is 5.82 Å². The number of hydrogen-bond acceptors (Lipinski definition) is 2. The second-order valence-corrected chi connectivity index (χ2v) is 5.69. The minimum Gasteiger partial charge on any atom is -0.279 e. The molecule has 0 saturated carbocycles. The van der Waals surface area contributed by atoms with Gasteiger partial charge in [0.05, 0.1) is 11.1 Å². The molecular weight excluding hydrogens is 320 g/mol. The summed E-state index contributed by atoms with van der Waals surface area (Å²) in [5.41, 5.74) is 1.57. The van der Waals surface area contributed by atoms with Crippen LogP contribution in [0.2, 0.25) is 5.02 Å². The van der Waals surface area contributed by atoms with Crippen LogP contribution in [0, 0.1) is 18.6 Å². The number of fused-ring (bicyclic) bond motifs is 3. The summed E-state index contributed by atoms with van der Waals surface area (Å²) < 4.78 is 30.3. The van der Waals surface area contributed by atoms with E-state index < -0.39 is 11.6 Å². The van der Waals surface area contributed by atoms with Crippen molar-refractivity contribution in [3.05, 3.63) is 64.9 Å². The Bertz CT molecular complexity index is 1050. The van der Waals surface area contributed by atoms with Gasteiger partial charge in [0.1, 0.15) is 17.5 Å². The van der Waals surface area contributed by atoms with Crippen molar-refractivity contribution in [2.45, 2.75) is 6.92 Å². The zero-order chi connectivity index (χ0) is 16.1. The molecule has 3 nitrogen and oxygen atoms in total. The third-order valence-electron chi connectivity index (χ3n) is 3.85. The summed E-state index contributed by atoms with van der Waals surface area (Å²) in [4.78, 5) is 0. The summed E-state index contributed by atoms with van der Waals surface area (Å²) in [6.45, 7) is 1.82. The van der Waals surface area contributed by atoms with Crippen molar-refractivity contribution in [2.75, 3.05) is 0 Å². The SMILES string of the molecule is Cc1nnc2cc(-c3c(F)cccc3F)c3cc(Cl)ccc3n12. The lowest BCUT2D eigenvalue weighted by Gasteiger charge is -2.11. The van der Waals surface area contributed by atoms with Gasteiger partial charge in [-0.1, -0.05) is 17.7 Å². The largest absolute Gasteiger partial charge is 0.279 e. The van der Waals surface area contributed by atoms with Crippen LogP contribution in [0.4, 0.5) is 8.78 Å². The standard InChI is InChI=1S/C17H10ClF2N3/c1-9-21-22-16-8-12(17-13(19)3-2-4-14(17)20)11-7-10(18)5-6-15(11)23(9)16/h2-8H,1H3. The van der Waals surface area contributed by atoms with E-state index in [-0.39, 0.29) is 5.56 Å². The molecule has 4 aromatic rings. The van der Waals surface area contributed by atoms with Gasteiger partial charge in [-0.2, -0.15) is 0 Å². The van der Waals surface area contributed by atoms with Gasteiger partial charge in [-0.05, 0) is 43.3 Å². The summed E-state index contributed by atoms with van der Waals surface area (Å²) in [7, 11) is 0. The Morgan fingerprint density at radius 2 is 1.74 bits per heavy atom. The molecule has 0 spiro atoms. The van der Waals surface area contributed by atoms with E-state index >= 15 is 0 Å². The highest BCUT2D eigenvalue weighted by Crippen LogP contribution is 2.35. The zero-order valence-corrected chi connectivity index (χ0v) is 12.8. The molecule has 0 aliphatic carbocycles. The Balaban J connectivity index is 2.23. The molecule has 23 heavy (non-hydrogen) atoms. The number of hydrogen-bond donors (Lipinski definition) is 0. The van der Waals surface area contributed by atoms with E-state index in [1.807, 2.05) is 11.3 Å². The highest BCUT2D eigenvalue weighted by Gasteiger charge is 2.17. The molecule has 0 atom stereocenters. The number of nitrogens with zero attached hydrogens (tertiary/aromatic N) is 3. The number of pyridine rings is 1. The molecule has 0 unspecified atom stereocenters. The normalized spacial score (nSPS) is 11.5. The molecule has 4 rings (SSSR count). The first-order chi connectivity index (χ1) is 11.1. The second kappa shape index (κ2) is 4.99. The Kier molecular flexibility index (Phi) is 3.06. The van der Waals surface area contributed by atoms with Gasteiger partial charge in [-0.15, -0.1) is 10.2 Å². The number of benzene rings is 2. The Morgan fingerprint density at radius 1 is 1.00 bits per heavy atom. The minimum absolute atomic E-state index is 0.0945. The van der Waals surface area contributed by atoms with Crippen LogP contribution in [-0.4, -0.2) is 14.6 Å². The average Bonchev–Trinajstić information content (AvgIpc) is 2.88. The van der Waals surface area contributed by atoms with Crippen LogP contribution in [0.25, 0.3) is 27.7 Å². The molecule has 2 aromatic heterocycles. The Morgan fingerprint density at radius 3 is 2.48 bits per heavy atom. The third kappa shape index (κ3) is 2.08. The quantitative estimate of drug-likeness (QED) is 0.502. The maximum Gasteiger partial charge on any atom is 0.161 e. The third-order valence-corrected chi connectivity index (χ3v) is 4.08. The Hall–Kier alpha value is -2.53. The highest BCUT2D eigenvalue weighted by molar-refractivity contribution is 6.31. The van der Waals surface area contributed by atoms with Crippen LogP contribution < -0.4 is 0 Å². The Labute approximate surface area is 135 Å². The van der Waals surface area contributed by atoms with Crippen molar-refractivity contribution in [2.24, 2.45) is 0 Å². The fourth-order valence-electron chi connectivity index (χ4n) is 2.86. The lowest BCUT2D eigenvalue weighted by Crippen LogP contribution is -1.96. The molecule has 0 amide bonds. The maximum absolute atomic E-state index is 14.3. The van der Waals surface area contributed by atoms with Crippen molar-refractivity contribution >= 4 is 28.2 Å². The summed E-state index contributed by atoms with van der Waals surface area (Å²) in [5, 5.41) is 9.23. The van der Waals surface area contributed by atoms with Crippen LogP contribution in [-0.2, 0) is 0 Å². The first-order valence-electron chi connectivity index (χ1n) is 6.94. The van der Waals surface area contributed by atoms with Crippen molar-refractivity contribution < 1.29 is 8.78 Å². The molecule has 2 aromatic carbocycles. The molecule has 0 aliphatic heterocycles. The lowest BCUT2D eigenvalue weighted by atomic mass is 10.00. The molecule has 0 N–H and O–H groups in total. The van der Waals surface area contributed by atoms with E-state index in [9.17, 15) is 8.78 Å². The van der Waals surface area contributed by atoms with Crippen LogP contribution in [0.5, 0.6) is 0 Å². The first kappa shape index (κ1) is 14.1. The number of aromatic nitrogens is 3. The van der Waals surface area contributed by atoms with Gasteiger partial charge in [-0.3, -0.25) is 4.40 Å². The van der Waals surface area contributed by atoms with Gasteiger partial charge >= 0.3 is 0 Å². The fourth-order valence-corrected chi connectivity index (χ4v) is 3.03. The summed E-state index contributed by atoms with van der Waals surface area (Å²) in [5.74, 6) is -0.577. The van der Waals surface area contributed by atoms with Gasteiger partial charge in [0.2, 0.25) is 0 Å². The summed E-state index contributed by atoms with van der Waals surface area (Å²) >= 11 is 6.09. The number of aryl methyl sites for hydroxylation is 1. The number of rotatable bonds is 1. The second-order valence-electron chi connectivity index (χ2n) is 5.26. The highest BCUT2D eigenvalue weighted by atomic mass is 35.5. The van der Waals surface area contributed by atoms with Crippen LogP contribution >= 0.6 is 11.6 Å². The van der Waals surface area contributed by atoms with Gasteiger partial charge < -0.3 is 0 Å². The monoisotopic (exact) mass is 329 g/mol. The number of halogens is 3. The van der Waals surface area contributed by atoms with Crippen LogP contribution in [0.15, 0.2) is 42.5 Å². The fraction of sp³-hybridized carbons (Fsp3) is 0.0588. The lowest BCUT2D eigenvalue weighted by molar-refractivity contribution is 0.590. The maximum atomic E-state index is 14.3.